The zero-order chi connectivity index (χ0) is 25.9. The molecule has 2 amide bonds. The number of halogens is 2. The lowest BCUT2D eigenvalue weighted by Crippen LogP contribution is -2.66. The summed E-state index contributed by atoms with van der Waals surface area (Å²) in [6.45, 7) is 3.36. The fraction of sp³-hybridized carbons (Fsp3) is 0.400. The summed E-state index contributed by atoms with van der Waals surface area (Å²) in [5.74, 6) is -0.744. The van der Waals surface area contributed by atoms with Crippen molar-refractivity contribution in [2.75, 3.05) is 18.4 Å². The highest BCUT2D eigenvalue weighted by atomic mass is 19.3. The van der Waals surface area contributed by atoms with Crippen molar-refractivity contribution < 1.29 is 23.1 Å². The second kappa shape index (κ2) is 10.4. The molecule has 190 valence electrons. The summed E-state index contributed by atoms with van der Waals surface area (Å²) in [4.78, 5) is 32.3. The van der Waals surface area contributed by atoms with Gasteiger partial charge in [0.05, 0.1) is 0 Å². The molecule has 1 aliphatic heterocycles. The Labute approximate surface area is 207 Å². The van der Waals surface area contributed by atoms with Crippen molar-refractivity contribution in [1.82, 2.24) is 24.6 Å². The molecule has 0 spiro atoms. The summed E-state index contributed by atoms with van der Waals surface area (Å²) in [5, 5.41) is 10.2. The fourth-order valence-electron chi connectivity index (χ4n) is 4.42. The van der Waals surface area contributed by atoms with Crippen molar-refractivity contribution in [3.05, 3.63) is 65.9 Å². The number of carbonyl (C=O) groups is 2. The zero-order valence-electron chi connectivity index (χ0n) is 20.3. The number of alkyl halides is 2. The maximum Gasteiger partial charge on any atom is 0.388 e. The molecule has 1 N–H and O–H groups in total. The van der Waals surface area contributed by atoms with E-state index in [-0.39, 0.29) is 42.9 Å². The van der Waals surface area contributed by atoms with Crippen molar-refractivity contribution in [2.24, 2.45) is 0 Å². The molecule has 3 aromatic rings. The first kappa shape index (κ1) is 25.2. The van der Waals surface area contributed by atoms with Crippen LogP contribution in [-0.4, -0.2) is 56.2 Å². The minimum Gasteiger partial charge on any atom is -0.415 e. The van der Waals surface area contributed by atoms with Gasteiger partial charge in [0.2, 0.25) is 17.7 Å². The second-order valence-electron chi connectivity index (χ2n) is 9.16. The molecule has 0 bridgehead atoms. The first-order chi connectivity index (χ1) is 17.2. The molecule has 1 fully saturated rings. The van der Waals surface area contributed by atoms with Crippen LogP contribution in [0.3, 0.4) is 0 Å². The van der Waals surface area contributed by atoms with Crippen LogP contribution < -0.4 is 10.1 Å². The maximum atomic E-state index is 13.8. The van der Waals surface area contributed by atoms with Gasteiger partial charge in [-0.05, 0) is 36.1 Å². The van der Waals surface area contributed by atoms with E-state index in [2.05, 4.69) is 25.2 Å². The number of nitrogens with zero attached hydrogens (tertiary/aromatic N) is 5. The van der Waals surface area contributed by atoms with Crippen molar-refractivity contribution in [3.8, 4) is 5.88 Å². The number of ether oxygens (including phenoxy) is 1. The molecule has 0 unspecified atom stereocenters. The molecule has 4 rings (SSSR count). The highest BCUT2D eigenvalue weighted by molar-refractivity contribution is 6.02. The predicted molar refractivity (Wildman–Crippen MR) is 128 cm³/mol. The molecule has 0 saturated carbocycles. The van der Waals surface area contributed by atoms with Gasteiger partial charge in [0.1, 0.15) is 23.8 Å². The van der Waals surface area contributed by atoms with Gasteiger partial charge in [-0.15, -0.1) is 10.2 Å². The predicted octanol–water partition coefficient (Wildman–Crippen LogP) is 3.52. The fourth-order valence-corrected chi connectivity index (χ4v) is 4.42. The number of anilines is 1. The van der Waals surface area contributed by atoms with Crippen LogP contribution >= 0.6 is 0 Å². The van der Waals surface area contributed by atoms with Gasteiger partial charge < -0.3 is 19.5 Å². The van der Waals surface area contributed by atoms with E-state index in [9.17, 15) is 18.4 Å². The van der Waals surface area contributed by atoms with E-state index in [0.29, 0.717) is 12.2 Å². The second-order valence-corrected chi connectivity index (χ2v) is 9.16. The smallest absolute Gasteiger partial charge is 0.388 e. The number of hydrogen-bond donors (Lipinski definition) is 1. The van der Waals surface area contributed by atoms with E-state index in [4.69, 9.17) is 0 Å². The van der Waals surface area contributed by atoms with E-state index in [1.807, 2.05) is 38.1 Å². The summed E-state index contributed by atoms with van der Waals surface area (Å²) in [5.41, 5.74) is 1.24. The van der Waals surface area contributed by atoms with E-state index >= 15 is 0 Å². The van der Waals surface area contributed by atoms with Crippen molar-refractivity contribution in [2.45, 2.75) is 51.7 Å². The third kappa shape index (κ3) is 5.19. The molecule has 2 aromatic heterocycles. The first-order valence-corrected chi connectivity index (χ1v) is 11.6. The number of amides is 2. The first-order valence-electron chi connectivity index (χ1n) is 11.6. The SMILES string of the molecule is Cc1ccc(NC(=O)C2(c3ccccc3C(C)C)CN(C(=O)CCn3cnnc3)C2)c(OC(F)F)n1. The quantitative estimate of drug-likeness (QED) is 0.484. The molecule has 0 aliphatic carbocycles. The van der Waals surface area contributed by atoms with Crippen LogP contribution in [0.1, 0.15) is 43.0 Å². The summed E-state index contributed by atoms with van der Waals surface area (Å²) in [6.07, 6.45) is 3.30. The van der Waals surface area contributed by atoms with Gasteiger partial charge in [0, 0.05) is 31.7 Å². The van der Waals surface area contributed by atoms with Crippen LogP contribution in [0.5, 0.6) is 5.88 Å². The van der Waals surface area contributed by atoms with Gasteiger partial charge >= 0.3 is 6.61 Å². The van der Waals surface area contributed by atoms with Gasteiger partial charge in [0.15, 0.2) is 0 Å². The number of nitrogens with one attached hydrogen (secondary N) is 1. The Kier molecular flexibility index (Phi) is 7.27. The highest BCUT2D eigenvalue weighted by Gasteiger charge is 2.53. The highest BCUT2D eigenvalue weighted by Crippen LogP contribution is 2.40. The van der Waals surface area contributed by atoms with E-state index < -0.39 is 17.9 Å². The molecule has 11 heteroatoms. The molecule has 1 saturated heterocycles. The summed E-state index contributed by atoms with van der Waals surface area (Å²) >= 11 is 0. The lowest BCUT2D eigenvalue weighted by atomic mass is 9.69. The van der Waals surface area contributed by atoms with E-state index in [1.54, 1.807) is 22.5 Å². The van der Waals surface area contributed by atoms with E-state index in [0.717, 1.165) is 11.1 Å². The topological polar surface area (TPSA) is 102 Å². The summed E-state index contributed by atoms with van der Waals surface area (Å²) < 4.78 is 32.2. The normalized spacial score (nSPS) is 14.6. The lowest BCUT2D eigenvalue weighted by Gasteiger charge is -2.50. The molecular weight excluding hydrogens is 470 g/mol. The van der Waals surface area contributed by atoms with Gasteiger partial charge in [-0.1, -0.05) is 38.1 Å². The van der Waals surface area contributed by atoms with Crippen LogP contribution in [0.15, 0.2) is 49.1 Å². The standard InChI is InChI=1S/C25H28F2N6O3/c1-16(2)18-6-4-5-7-19(18)25(12-33(13-25)21(34)10-11-32-14-28-29-15-32)23(35)31-20-9-8-17(3)30-22(20)36-24(26)27/h4-9,14-16,24H,10-13H2,1-3H3,(H,31,35). The molecule has 3 heterocycles. The third-order valence-corrected chi connectivity index (χ3v) is 6.31. The summed E-state index contributed by atoms with van der Waals surface area (Å²) in [7, 11) is 0. The largest absolute Gasteiger partial charge is 0.415 e. The van der Waals surface area contributed by atoms with E-state index in [1.165, 1.54) is 18.7 Å². The number of rotatable bonds is 9. The Bertz CT molecular complexity index is 1230. The van der Waals surface area contributed by atoms with Gasteiger partial charge in [-0.2, -0.15) is 8.78 Å². The third-order valence-electron chi connectivity index (χ3n) is 6.31. The number of pyridine rings is 1. The Morgan fingerprint density at radius 2 is 1.81 bits per heavy atom. The Morgan fingerprint density at radius 1 is 1.11 bits per heavy atom. The average Bonchev–Trinajstić information content (AvgIpc) is 3.32. The van der Waals surface area contributed by atoms with Gasteiger partial charge in [0.25, 0.3) is 0 Å². The van der Waals surface area contributed by atoms with Gasteiger partial charge in [-0.3, -0.25) is 9.59 Å². The number of likely N-dealkylation sites (tertiary alicyclic amines) is 1. The van der Waals surface area contributed by atoms with Crippen molar-refractivity contribution in [1.29, 1.82) is 0 Å². The average molecular weight is 499 g/mol. The lowest BCUT2D eigenvalue weighted by molar-refractivity contribution is -0.144. The van der Waals surface area contributed by atoms with Crippen molar-refractivity contribution >= 4 is 17.5 Å². The molecule has 1 aromatic carbocycles. The molecule has 1 aliphatic rings. The Hall–Kier alpha value is -3.89. The molecule has 0 atom stereocenters. The minimum atomic E-state index is -3.09. The zero-order valence-corrected chi connectivity index (χ0v) is 20.3. The van der Waals surface area contributed by atoms with Crippen LogP contribution in [0.4, 0.5) is 14.5 Å². The van der Waals surface area contributed by atoms with Crippen LogP contribution in [0, 0.1) is 6.92 Å². The minimum absolute atomic E-state index is 0.0460. The Balaban J connectivity index is 1.61. The maximum absolute atomic E-state index is 13.8. The summed E-state index contributed by atoms with van der Waals surface area (Å²) in [6, 6.07) is 10.7. The molecular formula is C25H28F2N6O3. The number of hydrogen-bond acceptors (Lipinski definition) is 6. The monoisotopic (exact) mass is 498 g/mol. The van der Waals surface area contributed by atoms with Gasteiger partial charge in [-0.25, -0.2) is 4.98 Å². The van der Waals surface area contributed by atoms with Crippen molar-refractivity contribution in [3.63, 3.8) is 0 Å². The van der Waals surface area contributed by atoms with Crippen LogP contribution in [0.25, 0.3) is 0 Å². The molecule has 9 nitrogen and oxygen atoms in total. The van der Waals surface area contributed by atoms with Crippen LogP contribution in [-0.2, 0) is 21.5 Å². The number of aromatic nitrogens is 4. The number of carbonyl (C=O) groups excluding carboxylic acids is 2. The Morgan fingerprint density at radius 3 is 2.47 bits per heavy atom. The number of aryl methyl sites for hydroxylation is 2. The molecule has 0 radical (unpaired) electrons. The number of benzene rings is 1. The molecule has 36 heavy (non-hydrogen) atoms. The van der Waals surface area contributed by atoms with Crippen LogP contribution in [0.2, 0.25) is 0 Å².